The highest BCUT2D eigenvalue weighted by atomic mass is 16.3. The molecule has 7 nitrogen and oxygen atoms in total. The Labute approximate surface area is 145 Å². The lowest BCUT2D eigenvalue weighted by Gasteiger charge is -2.24. The molecule has 4 rings (SSSR count). The number of aliphatic hydroxyl groups is 1. The Morgan fingerprint density at radius 3 is 2.76 bits per heavy atom. The minimum absolute atomic E-state index is 0.0917. The van der Waals surface area contributed by atoms with Crippen LogP contribution in [0.15, 0.2) is 30.3 Å². The van der Waals surface area contributed by atoms with Crippen molar-refractivity contribution in [2.45, 2.75) is 25.6 Å². The van der Waals surface area contributed by atoms with Crippen LogP contribution in [0.3, 0.4) is 0 Å². The van der Waals surface area contributed by atoms with E-state index in [9.17, 15) is 10.2 Å². The minimum Gasteiger partial charge on any atom is -0.508 e. The fourth-order valence-corrected chi connectivity index (χ4v) is 3.43. The van der Waals surface area contributed by atoms with E-state index in [0.29, 0.717) is 17.9 Å². The Morgan fingerprint density at radius 1 is 1.32 bits per heavy atom. The normalized spacial score (nSPS) is 19.6. The van der Waals surface area contributed by atoms with Crippen LogP contribution >= 0.6 is 0 Å². The van der Waals surface area contributed by atoms with Gasteiger partial charge in [0.1, 0.15) is 12.0 Å². The summed E-state index contributed by atoms with van der Waals surface area (Å²) in [5.74, 6) is 0.201. The summed E-state index contributed by atoms with van der Waals surface area (Å²) in [6.07, 6.45) is 0.117. The highest BCUT2D eigenvalue weighted by Crippen LogP contribution is 2.32. The van der Waals surface area contributed by atoms with Crippen molar-refractivity contribution < 1.29 is 10.2 Å². The van der Waals surface area contributed by atoms with Crippen molar-refractivity contribution in [1.29, 1.82) is 0 Å². The molecule has 1 aliphatic rings. The molecule has 1 saturated heterocycles. The van der Waals surface area contributed by atoms with Crippen molar-refractivity contribution in [3.8, 4) is 17.0 Å². The van der Waals surface area contributed by atoms with Gasteiger partial charge in [0, 0.05) is 41.3 Å². The first-order chi connectivity index (χ1) is 12.0. The molecule has 3 heterocycles. The molecule has 1 aromatic carbocycles. The number of pyridine rings is 1. The number of likely N-dealkylation sites (tertiary alicyclic amines) is 1. The summed E-state index contributed by atoms with van der Waals surface area (Å²) in [5.41, 5.74) is 9.76. The Bertz CT molecular complexity index is 906. The molecule has 2 aromatic heterocycles. The molecule has 3 aromatic rings. The number of aliphatic hydroxyl groups excluding tert-OH is 1. The number of phenols is 1. The summed E-state index contributed by atoms with van der Waals surface area (Å²) < 4.78 is 0. The third-order valence-electron chi connectivity index (χ3n) is 4.78. The number of nitrogens with one attached hydrogen (secondary N) is 1. The predicted octanol–water partition coefficient (Wildman–Crippen LogP) is 1.66. The van der Waals surface area contributed by atoms with Crippen LogP contribution in [0.1, 0.15) is 23.9 Å². The molecule has 0 aliphatic carbocycles. The molecule has 2 atom stereocenters. The fraction of sp³-hybridized carbons (Fsp3) is 0.333. The van der Waals surface area contributed by atoms with Gasteiger partial charge in [0.05, 0.1) is 5.69 Å². The number of aryl methyl sites for hydroxylation is 1. The monoisotopic (exact) mass is 339 g/mol. The van der Waals surface area contributed by atoms with Gasteiger partial charge < -0.3 is 15.9 Å². The van der Waals surface area contributed by atoms with Crippen LogP contribution in [0.2, 0.25) is 0 Å². The molecule has 0 spiro atoms. The second-order valence-electron chi connectivity index (χ2n) is 6.61. The second kappa shape index (κ2) is 6.11. The summed E-state index contributed by atoms with van der Waals surface area (Å²) in [7, 11) is 0. The standard InChI is InChI=1S/C18H21N5O2/c1-10-16-14(18(25)23-7-6-12(19)9-23)8-15(20-17(16)22-21-10)11-2-4-13(24)5-3-11/h2-5,8,12,18,24-25H,6-7,9,19H2,1H3,(H,20,21,22). The maximum Gasteiger partial charge on any atom is 0.182 e. The molecule has 0 amide bonds. The Morgan fingerprint density at radius 2 is 2.08 bits per heavy atom. The van der Waals surface area contributed by atoms with Gasteiger partial charge in [0.2, 0.25) is 0 Å². The highest BCUT2D eigenvalue weighted by Gasteiger charge is 2.28. The van der Waals surface area contributed by atoms with Crippen LogP contribution in [0.4, 0.5) is 0 Å². The lowest BCUT2D eigenvalue weighted by atomic mass is 10.0. The maximum absolute atomic E-state index is 11.0. The molecule has 7 heteroatoms. The third kappa shape index (κ3) is 2.86. The molecular weight excluding hydrogens is 318 g/mol. The van der Waals surface area contributed by atoms with Crippen molar-refractivity contribution in [2.75, 3.05) is 13.1 Å². The zero-order valence-corrected chi connectivity index (χ0v) is 14.0. The molecule has 25 heavy (non-hydrogen) atoms. The smallest absolute Gasteiger partial charge is 0.182 e. The van der Waals surface area contributed by atoms with E-state index in [1.54, 1.807) is 24.3 Å². The second-order valence-corrected chi connectivity index (χ2v) is 6.61. The van der Waals surface area contributed by atoms with Gasteiger partial charge in [-0.25, -0.2) is 4.98 Å². The van der Waals surface area contributed by atoms with Crippen LogP contribution in [0.5, 0.6) is 5.75 Å². The molecule has 0 bridgehead atoms. The number of aromatic hydroxyl groups is 1. The van der Waals surface area contributed by atoms with Crippen molar-refractivity contribution in [1.82, 2.24) is 20.1 Å². The van der Waals surface area contributed by atoms with Crippen LogP contribution in [0.25, 0.3) is 22.3 Å². The first-order valence-electron chi connectivity index (χ1n) is 8.35. The van der Waals surface area contributed by atoms with Crippen LogP contribution in [0, 0.1) is 6.92 Å². The predicted molar refractivity (Wildman–Crippen MR) is 94.9 cm³/mol. The fourth-order valence-electron chi connectivity index (χ4n) is 3.43. The largest absolute Gasteiger partial charge is 0.508 e. The van der Waals surface area contributed by atoms with E-state index >= 15 is 0 Å². The molecule has 0 saturated carbocycles. The summed E-state index contributed by atoms with van der Waals surface area (Å²) >= 11 is 0. The number of rotatable bonds is 3. The van der Waals surface area contributed by atoms with E-state index in [1.165, 1.54) is 0 Å². The molecule has 1 fully saturated rings. The van der Waals surface area contributed by atoms with Gasteiger partial charge in [0.15, 0.2) is 5.65 Å². The van der Waals surface area contributed by atoms with Crippen molar-refractivity contribution >= 4 is 11.0 Å². The summed E-state index contributed by atoms with van der Waals surface area (Å²) in [4.78, 5) is 6.58. The quantitative estimate of drug-likeness (QED) is 0.577. The molecule has 2 unspecified atom stereocenters. The summed E-state index contributed by atoms with van der Waals surface area (Å²) in [5, 5.41) is 28.5. The zero-order chi connectivity index (χ0) is 17.6. The molecule has 0 radical (unpaired) electrons. The number of hydrogen-bond donors (Lipinski definition) is 4. The van der Waals surface area contributed by atoms with Crippen LogP contribution in [-0.2, 0) is 0 Å². The van der Waals surface area contributed by atoms with E-state index < -0.39 is 6.23 Å². The Hall–Kier alpha value is -2.48. The molecule has 130 valence electrons. The highest BCUT2D eigenvalue weighted by molar-refractivity contribution is 5.85. The number of fused-ring (bicyclic) bond motifs is 1. The summed E-state index contributed by atoms with van der Waals surface area (Å²) in [6, 6.07) is 8.81. The number of nitrogens with two attached hydrogens (primary N) is 1. The number of nitrogens with zero attached hydrogens (tertiary/aromatic N) is 3. The molecular formula is C18H21N5O2. The maximum atomic E-state index is 11.0. The molecule has 1 aliphatic heterocycles. The van der Waals surface area contributed by atoms with Gasteiger partial charge in [-0.05, 0) is 43.7 Å². The van der Waals surface area contributed by atoms with E-state index in [1.807, 2.05) is 17.9 Å². The Balaban J connectivity index is 1.83. The number of H-pyrrole nitrogens is 1. The first kappa shape index (κ1) is 16.0. The zero-order valence-electron chi connectivity index (χ0n) is 14.0. The third-order valence-corrected chi connectivity index (χ3v) is 4.78. The van der Waals surface area contributed by atoms with Gasteiger partial charge in [-0.1, -0.05) is 0 Å². The lowest BCUT2D eigenvalue weighted by molar-refractivity contribution is 0.0193. The number of benzene rings is 1. The number of aromatic amines is 1. The molecule has 5 N–H and O–H groups in total. The summed E-state index contributed by atoms with van der Waals surface area (Å²) in [6.45, 7) is 3.34. The number of aromatic nitrogens is 3. The SMILES string of the molecule is Cc1[nH]nc2nc(-c3ccc(O)cc3)cc(C(O)N3CCC(N)C3)c12. The first-order valence-corrected chi connectivity index (χ1v) is 8.35. The van der Waals surface area contributed by atoms with Crippen molar-refractivity contribution in [3.05, 3.63) is 41.6 Å². The van der Waals surface area contributed by atoms with Crippen LogP contribution in [-0.4, -0.2) is 49.4 Å². The van der Waals surface area contributed by atoms with Gasteiger partial charge >= 0.3 is 0 Å². The average molecular weight is 339 g/mol. The van der Waals surface area contributed by atoms with Gasteiger partial charge in [0.25, 0.3) is 0 Å². The van der Waals surface area contributed by atoms with Gasteiger partial charge in [-0.15, -0.1) is 0 Å². The minimum atomic E-state index is -0.758. The van der Waals surface area contributed by atoms with Crippen molar-refractivity contribution in [3.63, 3.8) is 0 Å². The number of hydrogen-bond acceptors (Lipinski definition) is 6. The van der Waals surface area contributed by atoms with E-state index in [2.05, 4.69) is 15.2 Å². The van der Waals surface area contributed by atoms with E-state index in [0.717, 1.165) is 35.2 Å². The van der Waals surface area contributed by atoms with Gasteiger partial charge in [-0.2, -0.15) is 5.10 Å². The Kier molecular flexibility index (Phi) is 3.91. The number of phenolic OH excluding ortho intramolecular Hbond substituents is 1. The van der Waals surface area contributed by atoms with Crippen LogP contribution < -0.4 is 5.73 Å². The van der Waals surface area contributed by atoms with Gasteiger partial charge in [-0.3, -0.25) is 10.00 Å². The van der Waals surface area contributed by atoms with E-state index in [-0.39, 0.29) is 11.8 Å². The lowest BCUT2D eigenvalue weighted by Crippen LogP contribution is -2.30. The van der Waals surface area contributed by atoms with E-state index in [4.69, 9.17) is 5.73 Å². The van der Waals surface area contributed by atoms with Crippen molar-refractivity contribution in [2.24, 2.45) is 5.73 Å². The topological polar surface area (TPSA) is 111 Å². The average Bonchev–Trinajstić information content (AvgIpc) is 3.20.